The van der Waals surface area contributed by atoms with E-state index < -0.39 is 0 Å². The van der Waals surface area contributed by atoms with Crippen LogP contribution in [0.25, 0.3) is 0 Å². The van der Waals surface area contributed by atoms with Crippen molar-refractivity contribution in [3.8, 4) is 11.5 Å². The van der Waals surface area contributed by atoms with Gasteiger partial charge in [-0.25, -0.2) is 4.98 Å². The van der Waals surface area contributed by atoms with E-state index in [1.807, 2.05) is 25.1 Å². The Labute approximate surface area is 130 Å². The average molecular weight is 296 g/mol. The number of aryl methyl sites for hydroxylation is 1. The lowest BCUT2D eigenvalue weighted by Gasteiger charge is -2.52. The van der Waals surface area contributed by atoms with E-state index in [1.165, 1.54) is 5.56 Å². The lowest BCUT2D eigenvalue weighted by atomic mass is 9.74. The van der Waals surface area contributed by atoms with E-state index in [4.69, 9.17) is 9.47 Å². The molecule has 1 aromatic heterocycles. The number of rotatable bonds is 2. The van der Waals surface area contributed by atoms with Crippen molar-refractivity contribution in [1.29, 1.82) is 0 Å². The van der Waals surface area contributed by atoms with E-state index in [-0.39, 0.29) is 5.41 Å². The Morgan fingerprint density at radius 1 is 1.18 bits per heavy atom. The summed E-state index contributed by atoms with van der Waals surface area (Å²) in [7, 11) is 1.70. The molecule has 2 aromatic rings. The number of ether oxygens (including phenoxy) is 2. The maximum atomic E-state index is 5.97. The second-order valence-electron chi connectivity index (χ2n) is 6.41. The summed E-state index contributed by atoms with van der Waals surface area (Å²) in [6.45, 7) is 4.73. The molecule has 22 heavy (non-hydrogen) atoms. The molecule has 0 atom stereocenters. The van der Waals surface area contributed by atoms with Crippen LogP contribution in [0.2, 0.25) is 0 Å². The number of anilines is 1. The smallest absolute Gasteiger partial charge is 0.171 e. The molecule has 0 N–H and O–H groups in total. The van der Waals surface area contributed by atoms with Crippen LogP contribution in [0.1, 0.15) is 11.3 Å². The molecule has 0 aliphatic carbocycles. The molecular formula is C18H20N2O2. The van der Waals surface area contributed by atoms with Crippen LogP contribution in [-0.2, 0) is 6.42 Å². The number of hydrogen-bond donors (Lipinski definition) is 0. The topological polar surface area (TPSA) is 34.6 Å². The lowest BCUT2D eigenvalue weighted by Crippen LogP contribution is -2.61. The van der Waals surface area contributed by atoms with Gasteiger partial charge in [-0.05, 0) is 37.1 Å². The van der Waals surface area contributed by atoms with Gasteiger partial charge in [0.2, 0.25) is 0 Å². The molecule has 1 saturated heterocycles. The monoisotopic (exact) mass is 296 g/mol. The Kier molecular flexibility index (Phi) is 2.99. The van der Waals surface area contributed by atoms with Crippen LogP contribution in [0.15, 0.2) is 36.4 Å². The molecule has 0 saturated carbocycles. The van der Waals surface area contributed by atoms with Gasteiger partial charge in [0.15, 0.2) is 11.6 Å². The van der Waals surface area contributed by atoms with Crippen LogP contribution in [0.5, 0.6) is 11.5 Å². The van der Waals surface area contributed by atoms with Crippen molar-refractivity contribution >= 4 is 5.82 Å². The first-order valence-corrected chi connectivity index (χ1v) is 7.66. The number of benzene rings is 1. The SMILES string of the molecule is COc1ccc(C)nc1N1CC2(COc3ccccc3C2)C1. The molecule has 1 spiro atoms. The minimum atomic E-state index is 0.213. The minimum Gasteiger partial charge on any atom is -0.493 e. The largest absolute Gasteiger partial charge is 0.493 e. The number of nitrogens with zero attached hydrogens (tertiary/aromatic N) is 2. The van der Waals surface area contributed by atoms with Crippen molar-refractivity contribution in [3.05, 3.63) is 47.7 Å². The second kappa shape index (κ2) is 4.90. The van der Waals surface area contributed by atoms with Gasteiger partial charge in [-0.3, -0.25) is 0 Å². The van der Waals surface area contributed by atoms with Gasteiger partial charge in [0, 0.05) is 24.2 Å². The predicted molar refractivity (Wildman–Crippen MR) is 85.8 cm³/mol. The summed E-state index contributed by atoms with van der Waals surface area (Å²) in [5.74, 6) is 2.84. The molecule has 0 unspecified atom stereocenters. The Balaban J connectivity index is 1.54. The van der Waals surface area contributed by atoms with Gasteiger partial charge in [0.05, 0.1) is 13.7 Å². The fraction of sp³-hybridized carbons (Fsp3) is 0.389. The molecular weight excluding hydrogens is 276 g/mol. The van der Waals surface area contributed by atoms with E-state index >= 15 is 0 Å². The van der Waals surface area contributed by atoms with Gasteiger partial charge < -0.3 is 14.4 Å². The van der Waals surface area contributed by atoms with Gasteiger partial charge in [-0.1, -0.05) is 18.2 Å². The Hall–Kier alpha value is -2.23. The molecule has 4 rings (SSSR count). The van der Waals surface area contributed by atoms with Gasteiger partial charge in [-0.15, -0.1) is 0 Å². The zero-order chi connectivity index (χ0) is 15.2. The van der Waals surface area contributed by atoms with Crippen molar-refractivity contribution in [3.63, 3.8) is 0 Å². The van der Waals surface area contributed by atoms with E-state index in [0.717, 1.165) is 49.1 Å². The van der Waals surface area contributed by atoms with Crippen LogP contribution in [0.3, 0.4) is 0 Å². The van der Waals surface area contributed by atoms with E-state index in [2.05, 4.69) is 28.1 Å². The molecule has 1 fully saturated rings. The summed E-state index contributed by atoms with van der Waals surface area (Å²) in [5.41, 5.74) is 2.55. The Morgan fingerprint density at radius 2 is 2.00 bits per heavy atom. The van der Waals surface area contributed by atoms with Gasteiger partial charge in [-0.2, -0.15) is 0 Å². The highest BCUT2D eigenvalue weighted by Crippen LogP contribution is 2.44. The molecule has 3 heterocycles. The standard InChI is InChI=1S/C18H20N2O2/c1-13-7-8-16(21-2)17(19-13)20-10-18(11-20)9-14-5-3-4-6-15(14)22-12-18/h3-8H,9-12H2,1-2H3. The third-order valence-electron chi connectivity index (χ3n) is 4.62. The molecule has 1 aromatic carbocycles. The lowest BCUT2D eigenvalue weighted by molar-refractivity contribution is 0.0870. The molecule has 0 amide bonds. The van der Waals surface area contributed by atoms with E-state index in [1.54, 1.807) is 7.11 Å². The molecule has 2 aliphatic rings. The molecule has 4 heteroatoms. The van der Waals surface area contributed by atoms with Crippen molar-refractivity contribution < 1.29 is 9.47 Å². The molecule has 0 radical (unpaired) electrons. The Bertz CT molecular complexity index is 708. The summed E-state index contributed by atoms with van der Waals surface area (Å²) >= 11 is 0. The number of fused-ring (bicyclic) bond motifs is 1. The number of hydrogen-bond acceptors (Lipinski definition) is 4. The predicted octanol–water partition coefficient (Wildman–Crippen LogP) is 2.84. The zero-order valence-corrected chi connectivity index (χ0v) is 13.0. The highest BCUT2D eigenvalue weighted by Gasteiger charge is 2.47. The normalized spacial score (nSPS) is 18.4. The first kappa shape index (κ1) is 13.4. The number of methoxy groups -OCH3 is 1. The Morgan fingerprint density at radius 3 is 2.82 bits per heavy atom. The summed E-state index contributed by atoms with van der Waals surface area (Å²) in [4.78, 5) is 6.94. The van der Waals surface area contributed by atoms with Gasteiger partial charge in [0.25, 0.3) is 0 Å². The third-order valence-corrected chi connectivity index (χ3v) is 4.62. The molecule has 0 bridgehead atoms. The fourth-order valence-corrected chi connectivity index (χ4v) is 3.51. The van der Waals surface area contributed by atoms with Crippen molar-refractivity contribution in [2.75, 3.05) is 31.7 Å². The van der Waals surface area contributed by atoms with Crippen LogP contribution in [0.4, 0.5) is 5.82 Å². The van der Waals surface area contributed by atoms with Crippen molar-refractivity contribution in [1.82, 2.24) is 4.98 Å². The van der Waals surface area contributed by atoms with Crippen molar-refractivity contribution in [2.45, 2.75) is 13.3 Å². The first-order chi connectivity index (χ1) is 10.7. The number of para-hydroxylation sites is 1. The number of aromatic nitrogens is 1. The van der Waals surface area contributed by atoms with E-state index in [0.29, 0.717) is 0 Å². The maximum absolute atomic E-state index is 5.97. The molecule has 4 nitrogen and oxygen atoms in total. The molecule has 2 aliphatic heterocycles. The highest BCUT2D eigenvalue weighted by molar-refractivity contribution is 5.56. The minimum absolute atomic E-state index is 0.213. The summed E-state index contributed by atoms with van der Waals surface area (Å²) in [6, 6.07) is 12.3. The summed E-state index contributed by atoms with van der Waals surface area (Å²) in [6.07, 6.45) is 1.08. The maximum Gasteiger partial charge on any atom is 0.171 e. The van der Waals surface area contributed by atoms with Gasteiger partial charge in [0.1, 0.15) is 5.75 Å². The fourth-order valence-electron chi connectivity index (χ4n) is 3.51. The average Bonchev–Trinajstić information content (AvgIpc) is 2.52. The first-order valence-electron chi connectivity index (χ1n) is 7.66. The molecule has 114 valence electrons. The zero-order valence-electron chi connectivity index (χ0n) is 13.0. The summed E-state index contributed by atoms with van der Waals surface area (Å²) in [5, 5.41) is 0. The van der Waals surface area contributed by atoms with Crippen LogP contribution in [-0.4, -0.2) is 31.8 Å². The van der Waals surface area contributed by atoms with Crippen LogP contribution in [0, 0.1) is 12.3 Å². The van der Waals surface area contributed by atoms with Crippen LogP contribution >= 0.6 is 0 Å². The quantitative estimate of drug-likeness (QED) is 0.853. The number of pyridine rings is 1. The van der Waals surface area contributed by atoms with Gasteiger partial charge >= 0.3 is 0 Å². The van der Waals surface area contributed by atoms with Crippen LogP contribution < -0.4 is 14.4 Å². The van der Waals surface area contributed by atoms with Crippen molar-refractivity contribution in [2.24, 2.45) is 5.41 Å². The van der Waals surface area contributed by atoms with E-state index in [9.17, 15) is 0 Å². The second-order valence-corrected chi connectivity index (χ2v) is 6.41. The summed E-state index contributed by atoms with van der Waals surface area (Å²) < 4.78 is 11.4. The highest BCUT2D eigenvalue weighted by atomic mass is 16.5. The third kappa shape index (κ3) is 2.10.